The molecule has 0 spiro atoms. The van der Waals surface area contributed by atoms with Crippen LogP contribution in [0.25, 0.3) is 6.20 Å². The van der Waals surface area contributed by atoms with E-state index in [2.05, 4.69) is 66.3 Å². The molecule has 2 heterocycles. The molecule has 33 heavy (non-hydrogen) atoms. The largest absolute Gasteiger partial charge is 0.439 e. The normalized spacial score (nSPS) is 15.7. The van der Waals surface area contributed by atoms with Crippen LogP contribution in [0.5, 0.6) is 11.6 Å². The van der Waals surface area contributed by atoms with Crippen LogP contribution >= 0.6 is 0 Å². The van der Waals surface area contributed by atoms with Crippen LogP contribution in [0.1, 0.15) is 43.5 Å². The van der Waals surface area contributed by atoms with Crippen LogP contribution in [0.3, 0.4) is 0 Å². The molecule has 0 amide bonds. The predicted octanol–water partition coefficient (Wildman–Crippen LogP) is 5.96. The third-order valence-electron chi connectivity index (χ3n) is 6.14. The smallest absolute Gasteiger partial charge is 0.219 e. The third-order valence-corrected chi connectivity index (χ3v) is 6.14. The Kier molecular flexibility index (Phi) is 5.90. The minimum Gasteiger partial charge on any atom is -0.439 e. The Balaban J connectivity index is 1.49. The molecule has 1 aromatic heterocycles. The first-order valence-corrected chi connectivity index (χ1v) is 11.4. The highest BCUT2D eigenvalue weighted by atomic mass is 16.5. The number of hydrogen-bond donors (Lipinski definition) is 0. The van der Waals surface area contributed by atoms with E-state index in [0.29, 0.717) is 11.8 Å². The van der Waals surface area contributed by atoms with Gasteiger partial charge in [0, 0.05) is 34.9 Å². The number of rotatable bonds is 6. The minimum atomic E-state index is -0.201. The van der Waals surface area contributed by atoms with Crippen LogP contribution in [-0.4, -0.2) is 4.98 Å². The molecule has 0 saturated heterocycles. The second kappa shape index (κ2) is 9.29. The summed E-state index contributed by atoms with van der Waals surface area (Å²) in [5.74, 6) is 1.88. The maximum Gasteiger partial charge on any atom is 0.219 e. The topological polar surface area (TPSA) is 37.7 Å². The van der Waals surface area contributed by atoms with Gasteiger partial charge >= 0.3 is 0 Å². The zero-order chi connectivity index (χ0) is 22.6. The SMILES string of the molecule is CCC(C)c1ccc(N2C=c3ccccc3=NC2c2ccc(Oc3ccccc3)nc2)cc1. The van der Waals surface area contributed by atoms with Crippen molar-refractivity contribution in [3.63, 3.8) is 0 Å². The number of fused-ring (bicyclic) bond motifs is 1. The standard InChI is InChI=1S/C29H27N3O/c1-3-21(2)22-13-16-25(17-14-22)32-20-24-9-7-8-12-27(24)31-29(32)23-15-18-28(30-19-23)33-26-10-5-4-6-11-26/h4-21,29H,3H2,1-2H3. The fraction of sp³-hybridized carbons (Fsp3) is 0.172. The zero-order valence-electron chi connectivity index (χ0n) is 18.9. The van der Waals surface area contributed by atoms with Crippen molar-refractivity contribution in [2.45, 2.75) is 32.4 Å². The zero-order valence-corrected chi connectivity index (χ0v) is 18.9. The van der Waals surface area contributed by atoms with E-state index in [-0.39, 0.29) is 6.17 Å². The number of hydrogen-bond acceptors (Lipinski definition) is 4. The average molecular weight is 434 g/mol. The second-order valence-corrected chi connectivity index (χ2v) is 8.34. The predicted molar refractivity (Wildman–Crippen MR) is 133 cm³/mol. The summed E-state index contributed by atoms with van der Waals surface area (Å²) in [6, 6.07) is 30.7. The van der Waals surface area contributed by atoms with Crippen molar-refractivity contribution in [1.82, 2.24) is 4.98 Å². The molecule has 0 aliphatic carbocycles. The molecular weight excluding hydrogens is 406 g/mol. The number of para-hydroxylation sites is 2. The number of anilines is 1. The van der Waals surface area contributed by atoms with Crippen molar-refractivity contribution in [2.75, 3.05) is 4.90 Å². The lowest BCUT2D eigenvalue weighted by Crippen LogP contribution is -2.37. The molecule has 4 aromatic rings. The number of benzene rings is 3. The van der Waals surface area contributed by atoms with Gasteiger partial charge in [0.25, 0.3) is 0 Å². The first-order valence-electron chi connectivity index (χ1n) is 11.4. The van der Waals surface area contributed by atoms with Crippen molar-refractivity contribution in [1.29, 1.82) is 0 Å². The average Bonchev–Trinajstić information content (AvgIpc) is 2.88. The number of ether oxygens (including phenoxy) is 1. The Morgan fingerprint density at radius 2 is 1.64 bits per heavy atom. The van der Waals surface area contributed by atoms with Crippen LogP contribution in [0.2, 0.25) is 0 Å². The van der Waals surface area contributed by atoms with Gasteiger partial charge in [-0.2, -0.15) is 0 Å². The second-order valence-electron chi connectivity index (χ2n) is 8.34. The van der Waals surface area contributed by atoms with Crippen molar-refractivity contribution >= 4 is 11.9 Å². The van der Waals surface area contributed by atoms with Crippen LogP contribution in [-0.2, 0) is 0 Å². The van der Waals surface area contributed by atoms with Crippen molar-refractivity contribution in [3.8, 4) is 11.6 Å². The first-order chi connectivity index (χ1) is 16.2. The molecule has 1 aliphatic rings. The summed E-state index contributed by atoms with van der Waals surface area (Å²) in [5.41, 5.74) is 3.47. The van der Waals surface area contributed by atoms with Gasteiger partial charge in [0.1, 0.15) is 5.75 Å². The molecule has 0 radical (unpaired) electrons. The van der Waals surface area contributed by atoms with Gasteiger partial charge in [0.15, 0.2) is 6.17 Å². The van der Waals surface area contributed by atoms with E-state index < -0.39 is 0 Å². The van der Waals surface area contributed by atoms with E-state index in [4.69, 9.17) is 9.73 Å². The lowest BCUT2D eigenvalue weighted by molar-refractivity contribution is 0.462. The van der Waals surface area contributed by atoms with Gasteiger partial charge in [-0.3, -0.25) is 4.99 Å². The molecule has 3 aromatic carbocycles. The Morgan fingerprint density at radius 1 is 0.879 bits per heavy atom. The van der Waals surface area contributed by atoms with Gasteiger partial charge in [-0.15, -0.1) is 0 Å². The molecule has 0 saturated carbocycles. The Bertz CT molecular complexity index is 1330. The lowest BCUT2D eigenvalue weighted by Gasteiger charge is -2.30. The summed E-state index contributed by atoms with van der Waals surface area (Å²) < 4.78 is 5.87. The molecule has 2 atom stereocenters. The van der Waals surface area contributed by atoms with Crippen molar-refractivity contribution < 1.29 is 4.74 Å². The molecule has 0 N–H and O–H groups in total. The van der Waals surface area contributed by atoms with Gasteiger partial charge < -0.3 is 9.64 Å². The van der Waals surface area contributed by atoms with E-state index in [1.807, 2.05) is 60.8 Å². The molecule has 4 nitrogen and oxygen atoms in total. The molecule has 164 valence electrons. The van der Waals surface area contributed by atoms with Crippen molar-refractivity contribution in [2.24, 2.45) is 4.99 Å². The van der Waals surface area contributed by atoms with Crippen LogP contribution in [0, 0.1) is 0 Å². The summed E-state index contributed by atoms with van der Waals surface area (Å²) in [5, 5.41) is 2.09. The Hall–Kier alpha value is -3.92. The van der Waals surface area contributed by atoms with E-state index in [1.54, 1.807) is 0 Å². The third kappa shape index (κ3) is 4.51. The van der Waals surface area contributed by atoms with Gasteiger partial charge in [0.2, 0.25) is 5.88 Å². The number of aromatic nitrogens is 1. The highest BCUT2D eigenvalue weighted by Crippen LogP contribution is 2.32. The summed E-state index contributed by atoms with van der Waals surface area (Å²) >= 11 is 0. The molecule has 5 rings (SSSR count). The van der Waals surface area contributed by atoms with Crippen molar-refractivity contribution in [3.05, 3.63) is 119 Å². The summed E-state index contributed by atoms with van der Waals surface area (Å²) in [6.07, 6.45) is 4.96. The quantitative estimate of drug-likeness (QED) is 0.376. The first kappa shape index (κ1) is 21.0. The molecule has 2 unspecified atom stereocenters. The maximum atomic E-state index is 5.87. The van der Waals surface area contributed by atoms with E-state index in [9.17, 15) is 0 Å². The number of pyridine rings is 1. The fourth-order valence-electron chi connectivity index (χ4n) is 4.00. The molecule has 4 heteroatoms. The summed E-state index contributed by atoms with van der Waals surface area (Å²) in [6.45, 7) is 4.49. The Morgan fingerprint density at radius 3 is 2.36 bits per heavy atom. The number of nitrogens with zero attached hydrogens (tertiary/aromatic N) is 3. The molecule has 0 fully saturated rings. The van der Waals surface area contributed by atoms with Crippen LogP contribution in [0.4, 0.5) is 5.69 Å². The van der Waals surface area contributed by atoms with Gasteiger partial charge in [-0.1, -0.05) is 62.4 Å². The van der Waals surface area contributed by atoms with E-state index in [0.717, 1.165) is 34.0 Å². The highest BCUT2D eigenvalue weighted by Gasteiger charge is 2.22. The maximum absolute atomic E-state index is 5.87. The van der Waals surface area contributed by atoms with Gasteiger partial charge in [0.05, 0.1) is 5.36 Å². The molecule has 1 aliphatic heterocycles. The van der Waals surface area contributed by atoms with Crippen LogP contribution < -0.4 is 20.2 Å². The molecule has 0 bridgehead atoms. The lowest BCUT2D eigenvalue weighted by atomic mass is 9.98. The summed E-state index contributed by atoms with van der Waals surface area (Å²) in [4.78, 5) is 11.9. The van der Waals surface area contributed by atoms with Gasteiger partial charge in [-0.25, -0.2) is 4.98 Å². The summed E-state index contributed by atoms with van der Waals surface area (Å²) in [7, 11) is 0. The highest BCUT2D eigenvalue weighted by molar-refractivity contribution is 5.62. The van der Waals surface area contributed by atoms with Crippen LogP contribution in [0.15, 0.2) is 102 Å². The van der Waals surface area contributed by atoms with Gasteiger partial charge in [-0.05, 0) is 54.3 Å². The monoisotopic (exact) mass is 433 g/mol. The Labute approximate surface area is 194 Å². The minimum absolute atomic E-state index is 0.201. The molecular formula is C29H27N3O. The van der Waals surface area contributed by atoms with E-state index in [1.165, 1.54) is 5.56 Å². The fourth-order valence-corrected chi connectivity index (χ4v) is 4.00. The van der Waals surface area contributed by atoms with E-state index >= 15 is 0 Å².